The van der Waals surface area contributed by atoms with Crippen molar-refractivity contribution in [1.29, 1.82) is 0 Å². The molecule has 2 N–H and O–H groups in total. The molecule has 2 amide bonds. The van der Waals surface area contributed by atoms with Gasteiger partial charge < -0.3 is 20.1 Å². The lowest BCUT2D eigenvalue weighted by Gasteiger charge is -2.27. The first-order valence-corrected chi connectivity index (χ1v) is 9.25. The van der Waals surface area contributed by atoms with Gasteiger partial charge in [0, 0.05) is 24.4 Å². The van der Waals surface area contributed by atoms with Gasteiger partial charge in [0.05, 0.1) is 19.9 Å². The second-order valence-electron chi connectivity index (χ2n) is 7.24. The van der Waals surface area contributed by atoms with E-state index in [-0.39, 0.29) is 23.7 Å². The number of hydrogen-bond acceptors (Lipinski definition) is 4. The normalized spacial score (nSPS) is 19.7. The van der Waals surface area contributed by atoms with E-state index < -0.39 is 0 Å². The lowest BCUT2D eigenvalue weighted by Crippen LogP contribution is -2.37. The molecule has 0 aliphatic heterocycles. The highest BCUT2D eigenvalue weighted by Crippen LogP contribution is 2.33. The maximum atomic E-state index is 12.6. The molecule has 26 heavy (non-hydrogen) atoms. The van der Waals surface area contributed by atoms with Crippen LogP contribution in [0.1, 0.15) is 39.5 Å². The van der Waals surface area contributed by atoms with Gasteiger partial charge in [-0.1, -0.05) is 13.8 Å². The van der Waals surface area contributed by atoms with E-state index >= 15 is 0 Å². The smallest absolute Gasteiger partial charge is 0.227 e. The van der Waals surface area contributed by atoms with Gasteiger partial charge in [-0.2, -0.15) is 0 Å². The molecule has 0 unspecified atom stereocenters. The molecule has 2 rings (SSSR count). The predicted molar refractivity (Wildman–Crippen MR) is 101 cm³/mol. The third-order valence-corrected chi connectivity index (χ3v) is 4.82. The SMILES string of the molecule is COc1ccc(NC(=O)C2CCC(C(=O)NCC(C)C)CC2)c(OC)c1. The summed E-state index contributed by atoms with van der Waals surface area (Å²) in [6, 6.07) is 5.31. The maximum absolute atomic E-state index is 12.6. The average molecular weight is 362 g/mol. The van der Waals surface area contributed by atoms with Crippen molar-refractivity contribution in [2.45, 2.75) is 39.5 Å². The Morgan fingerprint density at radius 2 is 1.65 bits per heavy atom. The van der Waals surface area contributed by atoms with Crippen molar-refractivity contribution >= 4 is 17.5 Å². The molecule has 0 heterocycles. The van der Waals surface area contributed by atoms with Crippen LogP contribution >= 0.6 is 0 Å². The zero-order valence-corrected chi connectivity index (χ0v) is 16.1. The van der Waals surface area contributed by atoms with E-state index in [2.05, 4.69) is 24.5 Å². The van der Waals surface area contributed by atoms with Crippen LogP contribution in [0.5, 0.6) is 11.5 Å². The van der Waals surface area contributed by atoms with Gasteiger partial charge in [-0.05, 0) is 43.7 Å². The van der Waals surface area contributed by atoms with E-state index in [0.29, 0.717) is 29.6 Å². The Kier molecular flexibility index (Phi) is 7.30. The van der Waals surface area contributed by atoms with Crippen LogP contribution in [0.25, 0.3) is 0 Å². The van der Waals surface area contributed by atoms with Gasteiger partial charge in [0.2, 0.25) is 11.8 Å². The zero-order valence-electron chi connectivity index (χ0n) is 16.1. The molecule has 1 aromatic rings. The monoisotopic (exact) mass is 362 g/mol. The number of hydrogen-bond donors (Lipinski definition) is 2. The molecule has 1 saturated carbocycles. The quantitative estimate of drug-likeness (QED) is 0.781. The Balaban J connectivity index is 1.88. The zero-order chi connectivity index (χ0) is 19.1. The Morgan fingerprint density at radius 1 is 1.04 bits per heavy atom. The van der Waals surface area contributed by atoms with Gasteiger partial charge in [0.1, 0.15) is 11.5 Å². The molecule has 6 heteroatoms. The summed E-state index contributed by atoms with van der Waals surface area (Å²) in [5.74, 6) is 1.74. The summed E-state index contributed by atoms with van der Waals surface area (Å²) in [7, 11) is 3.15. The minimum atomic E-state index is -0.0732. The number of carbonyl (C=O) groups excluding carboxylic acids is 2. The highest BCUT2D eigenvalue weighted by atomic mass is 16.5. The van der Waals surface area contributed by atoms with Crippen molar-refractivity contribution in [3.05, 3.63) is 18.2 Å². The summed E-state index contributed by atoms with van der Waals surface area (Å²) in [5, 5.41) is 5.94. The van der Waals surface area contributed by atoms with Crippen LogP contribution < -0.4 is 20.1 Å². The number of amides is 2. The molecule has 6 nitrogen and oxygen atoms in total. The Labute approximate surface area is 155 Å². The van der Waals surface area contributed by atoms with E-state index in [1.165, 1.54) is 0 Å². The fourth-order valence-corrected chi connectivity index (χ4v) is 3.20. The topological polar surface area (TPSA) is 76.7 Å². The fourth-order valence-electron chi connectivity index (χ4n) is 3.20. The van der Waals surface area contributed by atoms with Gasteiger partial charge >= 0.3 is 0 Å². The van der Waals surface area contributed by atoms with E-state index in [1.807, 2.05) is 0 Å². The molecule has 1 fully saturated rings. The summed E-state index contributed by atoms with van der Waals surface area (Å²) >= 11 is 0. The summed E-state index contributed by atoms with van der Waals surface area (Å²) in [5.41, 5.74) is 0.634. The first-order chi connectivity index (χ1) is 12.4. The predicted octanol–water partition coefficient (Wildman–Crippen LogP) is 3.22. The fraction of sp³-hybridized carbons (Fsp3) is 0.600. The summed E-state index contributed by atoms with van der Waals surface area (Å²) in [6.45, 7) is 4.86. The number of methoxy groups -OCH3 is 2. The van der Waals surface area contributed by atoms with E-state index in [0.717, 1.165) is 25.7 Å². The Bertz CT molecular complexity index is 622. The highest BCUT2D eigenvalue weighted by molar-refractivity contribution is 5.94. The van der Waals surface area contributed by atoms with Crippen LogP contribution in [0.15, 0.2) is 18.2 Å². The van der Waals surface area contributed by atoms with Crippen molar-refractivity contribution < 1.29 is 19.1 Å². The van der Waals surface area contributed by atoms with Crippen LogP contribution in [0.4, 0.5) is 5.69 Å². The second kappa shape index (κ2) is 9.46. The number of rotatable bonds is 7. The number of carbonyl (C=O) groups is 2. The van der Waals surface area contributed by atoms with Crippen LogP contribution in [-0.4, -0.2) is 32.6 Å². The molecule has 1 aliphatic rings. The summed E-state index contributed by atoms with van der Waals surface area (Å²) in [6.07, 6.45) is 2.96. The van der Waals surface area contributed by atoms with Crippen LogP contribution in [-0.2, 0) is 9.59 Å². The summed E-state index contributed by atoms with van der Waals surface area (Å²) < 4.78 is 10.5. The first-order valence-electron chi connectivity index (χ1n) is 9.25. The molecule has 0 atom stereocenters. The van der Waals surface area contributed by atoms with Gasteiger partial charge in [0.15, 0.2) is 0 Å². The van der Waals surface area contributed by atoms with Crippen molar-refractivity contribution in [2.24, 2.45) is 17.8 Å². The van der Waals surface area contributed by atoms with Gasteiger partial charge in [-0.3, -0.25) is 9.59 Å². The van der Waals surface area contributed by atoms with Crippen molar-refractivity contribution in [1.82, 2.24) is 5.32 Å². The van der Waals surface area contributed by atoms with E-state index in [4.69, 9.17) is 9.47 Å². The van der Waals surface area contributed by atoms with Crippen molar-refractivity contribution in [3.63, 3.8) is 0 Å². The van der Waals surface area contributed by atoms with Gasteiger partial charge in [-0.25, -0.2) is 0 Å². The van der Waals surface area contributed by atoms with Gasteiger partial charge in [-0.15, -0.1) is 0 Å². The summed E-state index contributed by atoms with van der Waals surface area (Å²) in [4.78, 5) is 24.8. The molecule has 0 radical (unpaired) electrons. The van der Waals surface area contributed by atoms with Crippen LogP contribution in [0.2, 0.25) is 0 Å². The molecule has 144 valence electrons. The molecule has 0 bridgehead atoms. The largest absolute Gasteiger partial charge is 0.497 e. The number of ether oxygens (including phenoxy) is 2. The Morgan fingerprint density at radius 3 is 2.19 bits per heavy atom. The Hall–Kier alpha value is -2.24. The molecule has 0 saturated heterocycles. The molecule has 0 spiro atoms. The molecule has 1 aliphatic carbocycles. The van der Waals surface area contributed by atoms with E-state index in [1.54, 1.807) is 32.4 Å². The third kappa shape index (κ3) is 5.38. The van der Waals surface area contributed by atoms with Crippen LogP contribution in [0.3, 0.4) is 0 Å². The number of anilines is 1. The molecular weight excluding hydrogens is 332 g/mol. The standard InChI is InChI=1S/C20H30N2O4/c1-13(2)12-21-19(23)14-5-7-15(8-6-14)20(24)22-17-10-9-16(25-3)11-18(17)26-4/h9-11,13-15H,5-8,12H2,1-4H3,(H,21,23)(H,22,24). The molecule has 1 aromatic carbocycles. The number of benzene rings is 1. The molecular formula is C20H30N2O4. The molecule has 0 aromatic heterocycles. The van der Waals surface area contributed by atoms with Crippen LogP contribution in [0, 0.1) is 17.8 Å². The van der Waals surface area contributed by atoms with Crippen molar-refractivity contribution in [3.8, 4) is 11.5 Å². The first kappa shape index (κ1) is 20.1. The average Bonchev–Trinajstić information content (AvgIpc) is 2.66. The van der Waals surface area contributed by atoms with Gasteiger partial charge in [0.25, 0.3) is 0 Å². The highest BCUT2D eigenvalue weighted by Gasteiger charge is 2.30. The minimum Gasteiger partial charge on any atom is -0.497 e. The minimum absolute atomic E-state index is 0.0190. The lowest BCUT2D eigenvalue weighted by atomic mass is 9.81. The maximum Gasteiger partial charge on any atom is 0.227 e. The van der Waals surface area contributed by atoms with Crippen molar-refractivity contribution in [2.75, 3.05) is 26.1 Å². The second-order valence-corrected chi connectivity index (χ2v) is 7.24. The number of nitrogens with one attached hydrogen (secondary N) is 2. The third-order valence-electron chi connectivity index (χ3n) is 4.82. The van der Waals surface area contributed by atoms with E-state index in [9.17, 15) is 9.59 Å². The lowest BCUT2D eigenvalue weighted by molar-refractivity contribution is -0.128.